The standard InChI is InChI=1S/C16H27N/c1-5-11-17-15(4)7-6-8-16-12-13(2)9-10-14(16)3/h9-10,12,15,17H,5-8,11H2,1-4H3. The van der Waals surface area contributed by atoms with Gasteiger partial charge in [-0.1, -0.05) is 30.7 Å². The normalized spacial score (nSPS) is 12.7. The highest BCUT2D eigenvalue weighted by molar-refractivity contribution is 5.30. The molecule has 0 bridgehead atoms. The average molecular weight is 233 g/mol. The highest BCUT2D eigenvalue weighted by atomic mass is 14.9. The summed E-state index contributed by atoms with van der Waals surface area (Å²) < 4.78 is 0. The van der Waals surface area contributed by atoms with Crippen molar-refractivity contribution in [3.8, 4) is 0 Å². The third kappa shape index (κ3) is 5.36. The maximum atomic E-state index is 3.54. The molecule has 1 atom stereocenters. The van der Waals surface area contributed by atoms with E-state index >= 15 is 0 Å². The van der Waals surface area contributed by atoms with Crippen LogP contribution in [-0.2, 0) is 6.42 Å². The Morgan fingerprint density at radius 3 is 2.71 bits per heavy atom. The summed E-state index contributed by atoms with van der Waals surface area (Å²) in [7, 11) is 0. The molecule has 1 N–H and O–H groups in total. The molecule has 0 aliphatic rings. The first-order valence-corrected chi connectivity index (χ1v) is 6.93. The van der Waals surface area contributed by atoms with Crippen LogP contribution in [0.3, 0.4) is 0 Å². The molecule has 0 saturated heterocycles. The van der Waals surface area contributed by atoms with E-state index in [1.165, 1.54) is 42.4 Å². The van der Waals surface area contributed by atoms with Gasteiger partial charge in [0.15, 0.2) is 0 Å². The van der Waals surface area contributed by atoms with E-state index in [0.29, 0.717) is 6.04 Å². The molecule has 0 amide bonds. The van der Waals surface area contributed by atoms with Crippen molar-refractivity contribution in [1.29, 1.82) is 0 Å². The summed E-state index contributed by atoms with van der Waals surface area (Å²) in [5, 5.41) is 3.54. The van der Waals surface area contributed by atoms with E-state index in [9.17, 15) is 0 Å². The molecule has 0 aromatic heterocycles. The Labute approximate surface area is 107 Å². The summed E-state index contributed by atoms with van der Waals surface area (Å²) >= 11 is 0. The van der Waals surface area contributed by atoms with Gasteiger partial charge in [0.05, 0.1) is 0 Å². The molecule has 1 aromatic carbocycles. The SMILES string of the molecule is CCCNC(C)CCCc1cc(C)ccc1C. The van der Waals surface area contributed by atoms with E-state index < -0.39 is 0 Å². The zero-order valence-electron chi connectivity index (χ0n) is 11.8. The van der Waals surface area contributed by atoms with Crippen LogP contribution in [0.1, 0.15) is 49.8 Å². The van der Waals surface area contributed by atoms with Crippen LogP contribution >= 0.6 is 0 Å². The first kappa shape index (κ1) is 14.2. The maximum absolute atomic E-state index is 3.54. The minimum absolute atomic E-state index is 0.653. The Hall–Kier alpha value is -0.820. The molecule has 96 valence electrons. The van der Waals surface area contributed by atoms with Gasteiger partial charge in [-0.05, 0) is 64.1 Å². The lowest BCUT2D eigenvalue weighted by Crippen LogP contribution is -2.26. The average Bonchev–Trinajstić information content (AvgIpc) is 2.31. The summed E-state index contributed by atoms with van der Waals surface area (Å²) in [5.41, 5.74) is 4.33. The Kier molecular flexibility index (Phi) is 6.28. The molecule has 1 aromatic rings. The summed E-state index contributed by atoms with van der Waals surface area (Å²) in [4.78, 5) is 0. The topological polar surface area (TPSA) is 12.0 Å². The molecular weight excluding hydrogens is 206 g/mol. The predicted octanol–water partition coefficient (Wildman–Crippen LogP) is 4.01. The lowest BCUT2D eigenvalue weighted by atomic mass is 9.99. The van der Waals surface area contributed by atoms with Crippen molar-refractivity contribution >= 4 is 0 Å². The van der Waals surface area contributed by atoms with Gasteiger partial charge in [-0.2, -0.15) is 0 Å². The zero-order chi connectivity index (χ0) is 12.7. The van der Waals surface area contributed by atoms with Crippen LogP contribution < -0.4 is 5.32 Å². The fourth-order valence-electron chi connectivity index (χ4n) is 2.16. The van der Waals surface area contributed by atoms with Gasteiger partial charge in [-0.15, -0.1) is 0 Å². The van der Waals surface area contributed by atoms with Gasteiger partial charge >= 0.3 is 0 Å². The minimum atomic E-state index is 0.653. The van der Waals surface area contributed by atoms with Gasteiger partial charge in [-0.25, -0.2) is 0 Å². The molecule has 1 rings (SSSR count). The molecule has 0 saturated carbocycles. The first-order valence-electron chi connectivity index (χ1n) is 6.93. The highest BCUT2D eigenvalue weighted by Crippen LogP contribution is 2.14. The lowest BCUT2D eigenvalue weighted by Gasteiger charge is -2.13. The monoisotopic (exact) mass is 233 g/mol. The molecular formula is C16H27N. The third-order valence-electron chi connectivity index (χ3n) is 3.33. The predicted molar refractivity (Wildman–Crippen MR) is 76.6 cm³/mol. The Bertz CT molecular complexity index is 330. The van der Waals surface area contributed by atoms with Crippen molar-refractivity contribution in [1.82, 2.24) is 5.32 Å². The van der Waals surface area contributed by atoms with E-state index in [-0.39, 0.29) is 0 Å². The van der Waals surface area contributed by atoms with E-state index in [1.54, 1.807) is 0 Å². The van der Waals surface area contributed by atoms with Crippen molar-refractivity contribution in [2.24, 2.45) is 0 Å². The van der Waals surface area contributed by atoms with E-state index in [1.807, 2.05) is 0 Å². The number of aryl methyl sites for hydroxylation is 3. The van der Waals surface area contributed by atoms with Crippen LogP contribution in [0.2, 0.25) is 0 Å². The van der Waals surface area contributed by atoms with Gasteiger partial charge in [-0.3, -0.25) is 0 Å². The fraction of sp³-hybridized carbons (Fsp3) is 0.625. The Morgan fingerprint density at radius 1 is 1.24 bits per heavy atom. The van der Waals surface area contributed by atoms with Crippen LogP contribution in [0, 0.1) is 13.8 Å². The van der Waals surface area contributed by atoms with Crippen LogP contribution in [0.15, 0.2) is 18.2 Å². The number of hydrogen-bond acceptors (Lipinski definition) is 1. The molecule has 1 heteroatoms. The van der Waals surface area contributed by atoms with Crippen LogP contribution in [0.25, 0.3) is 0 Å². The molecule has 0 heterocycles. The number of nitrogens with one attached hydrogen (secondary N) is 1. The number of benzene rings is 1. The lowest BCUT2D eigenvalue weighted by molar-refractivity contribution is 0.498. The first-order chi connectivity index (χ1) is 8.13. The number of hydrogen-bond donors (Lipinski definition) is 1. The molecule has 1 unspecified atom stereocenters. The van der Waals surface area contributed by atoms with Crippen LogP contribution in [0.4, 0.5) is 0 Å². The molecule has 0 aliphatic heterocycles. The van der Waals surface area contributed by atoms with Crippen molar-refractivity contribution < 1.29 is 0 Å². The second-order valence-corrected chi connectivity index (χ2v) is 5.18. The van der Waals surface area contributed by atoms with E-state index in [2.05, 4.69) is 51.2 Å². The number of rotatable bonds is 7. The maximum Gasteiger partial charge on any atom is 0.00388 e. The van der Waals surface area contributed by atoms with Gasteiger partial charge in [0.1, 0.15) is 0 Å². The Balaban J connectivity index is 2.32. The smallest absolute Gasteiger partial charge is 0.00388 e. The van der Waals surface area contributed by atoms with Gasteiger partial charge in [0.25, 0.3) is 0 Å². The zero-order valence-corrected chi connectivity index (χ0v) is 11.8. The van der Waals surface area contributed by atoms with Gasteiger partial charge in [0.2, 0.25) is 0 Å². The third-order valence-corrected chi connectivity index (χ3v) is 3.33. The van der Waals surface area contributed by atoms with Crippen molar-refractivity contribution in [3.63, 3.8) is 0 Å². The largest absolute Gasteiger partial charge is 0.314 e. The van der Waals surface area contributed by atoms with E-state index in [4.69, 9.17) is 0 Å². The summed E-state index contributed by atoms with van der Waals surface area (Å²) in [5.74, 6) is 0. The van der Waals surface area contributed by atoms with Crippen LogP contribution in [0.5, 0.6) is 0 Å². The van der Waals surface area contributed by atoms with Crippen molar-refractivity contribution in [3.05, 3.63) is 34.9 Å². The Morgan fingerprint density at radius 2 is 2.00 bits per heavy atom. The molecule has 0 fully saturated rings. The summed E-state index contributed by atoms with van der Waals surface area (Å²) in [6, 6.07) is 7.42. The van der Waals surface area contributed by atoms with Crippen molar-refractivity contribution in [2.45, 2.75) is 59.4 Å². The van der Waals surface area contributed by atoms with Crippen LogP contribution in [-0.4, -0.2) is 12.6 Å². The second kappa shape index (κ2) is 7.50. The summed E-state index contributed by atoms with van der Waals surface area (Å²) in [6.07, 6.45) is 4.99. The van der Waals surface area contributed by atoms with Gasteiger partial charge in [0, 0.05) is 6.04 Å². The fourth-order valence-corrected chi connectivity index (χ4v) is 2.16. The highest BCUT2D eigenvalue weighted by Gasteiger charge is 2.02. The van der Waals surface area contributed by atoms with Crippen molar-refractivity contribution in [2.75, 3.05) is 6.54 Å². The second-order valence-electron chi connectivity index (χ2n) is 5.18. The molecule has 0 spiro atoms. The molecule has 1 nitrogen and oxygen atoms in total. The summed E-state index contributed by atoms with van der Waals surface area (Å²) in [6.45, 7) is 10.0. The molecule has 0 aliphatic carbocycles. The van der Waals surface area contributed by atoms with E-state index in [0.717, 1.165) is 6.54 Å². The van der Waals surface area contributed by atoms with Gasteiger partial charge < -0.3 is 5.32 Å². The quantitative estimate of drug-likeness (QED) is 0.750. The minimum Gasteiger partial charge on any atom is -0.314 e. The molecule has 0 radical (unpaired) electrons. The molecule has 17 heavy (non-hydrogen) atoms.